The van der Waals surface area contributed by atoms with Crippen LogP contribution in [0.3, 0.4) is 0 Å². The summed E-state index contributed by atoms with van der Waals surface area (Å²) in [5.74, 6) is -0.469. The molecule has 1 aliphatic heterocycles. The third-order valence-electron chi connectivity index (χ3n) is 4.81. The number of hydrogen-bond donors (Lipinski definition) is 1. The summed E-state index contributed by atoms with van der Waals surface area (Å²) in [5, 5.41) is 2.14. The van der Waals surface area contributed by atoms with E-state index in [1.54, 1.807) is 6.92 Å². The number of alkyl carbamates (subject to hydrolysis) is 1. The Morgan fingerprint density at radius 3 is 2.07 bits per heavy atom. The van der Waals surface area contributed by atoms with Gasteiger partial charge in [-0.25, -0.2) is 13.2 Å². The van der Waals surface area contributed by atoms with Gasteiger partial charge in [0.05, 0.1) is 18.0 Å². The molecule has 1 fully saturated rings. The van der Waals surface area contributed by atoms with Gasteiger partial charge in [-0.1, -0.05) is 17.7 Å². The molecule has 1 aliphatic rings. The highest BCUT2D eigenvalue weighted by Crippen LogP contribution is 2.26. The van der Waals surface area contributed by atoms with E-state index >= 15 is 0 Å². The number of imide groups is 1. The predicted molar refractivity (Wildman–Crippen MR) is 101 cm³/mol. The highest BCUT2D eigenvalue weighted by Gasteiger charge is 2.33. The lowest BCUT2D eigenvalue weighted by Crippen LogP contribution is -2.55. The molecule has 1 aromatic rings. The van der Waals surface area contributed by atoms with Crippen LogP contribution >= 0.6 is 0 Å². The zero-order valence-electron chi connectivity index (χ0n) is 16.4. The van der Waals surface area contributed by atoms with E-state index in [1.807, 2.05) is 37.8 Å². The van der Waals surface area contributed by atoms with Crippen LogP contribution in [0.1, 0.15) is 23.6 Å². The van der Waals surface area contributed by atoms with E-state index in [4.69, 9.17) is 0 Å². The first-order chi connectivity index (χ1) is 12.6. The number of carbonyl (C=O) groups is 2. The van der Waals surface area contributed by atoms with Gasteiger partial charge in [0.25, 0.3) is 0 Å². The summed E-state index contributed by atoms with van der Waals surface area (Å²) in [4.78, 5) is 25.4. The van der Waals surface area contributed by atoms with Crippen LogP contribution in [0.25, 0.3) is 0 Å². The molecule has 1 aromatic carbocycles. The highest BCUT2D eigenvalue weighted by molar-refractivity contribution is 7.89. The minimum atomic E-state index is -3.60. The normalized spacial score (nSPS) is 17.4. The van der Waals surface area contributed by atoms with Crippen LogP contribution in [0.2, 0.25) is 0 Å². The minimum Gasteiger partial charge on any atom is -0.453 e. The molecule has 0 saturated carbocycles. The lowest BCUT2D eigenvalue weighted by atomic mass is 10.1. The molecule has 0 spiro atoms. The third kappa shape index (κ3) is 4.66. The zero-order chi connectivity index (χ0) is 20.4. The second-order valence-corrected chi connectivity index (χ2v) is 8.70. The fraction of sp³-hybridized carbons (Fsp3) is 0.556. The summed E-state index contributed by atoms with van der Waals surface area (Å²) in [6.45, 7) is 8.60. The molecular formula is C18H27N3O5S. The molecule has 0 aromatic heterocycles. The van der Waals surface area contributed by atoms with Crippen molar-refractivity contribution in [1.29, 1.82) is 0 Å². The lowest BCUT2D eigenvalue weighted by Gasteiger charge is -2.37. The van der Waals surface area contributed by atoms with Crippen molar-refractivity contribution in [2.24, 2.45) is 0 Å². The molecule has 8 nitrogen and oxygen atoms in total. The van der Waals surface area contributed by atoms with Gasteiger partial charge in [-0.2, -0.15) is 4.31 Å². The Morgan fingerprint density at radius 1 is 1.07 bits per heavy atom. The van der Waals surface area contributed by atoms with Gasteiger partial charge in [-0.05, 0) is 38.8 Å². The third-order valence-corrected chi connectivity index (χ3v) is 7.02. The van der Waals surface area contributed by atoms with Crippen molar-refractivity contribution in [2.45, 2.75) is 38.6 Å². The first-order valence-corrected chi connectivity index (χ1v) is 10.2. The van der Waals surface area contributed by atoms with Crippen LogP contribution in [0.15, 0.2) is 17.0 Å². The molecule has 0 radical (unpaired) electrons. The summed E-state index contributed by atoms with van der Waals surface area (Å²) >= 11 is 0. The van der Waals surface area contributed by atoms with Gasteiger partial charge < -0.3 is 4.74 Å². The maximum atomic E-state index is 13.1. The average Bonchev–Trinajstić information content (AvgIpc) is 2.59. The van der Waals surface area contributed by atoms with Crippen LogP contribution in [0, 0.1) is 20.8 Å². The molecule has 0 unspecified atom stereocenters. The maximum absolute atomic E-state index is 13.1. The summed E-state index contributed by atoms with van der Waals surface area (Å²) < 4.78 is 32.1. The van der Waals surface area contributed by atoms with E-state index in [0.717, 1.165) is 16.7 Å². The number of aryl methyl sites for hydroxylation is 3. The second kappa shape index (κ2) is 8.37. The van der Waals surface area contributed by atoms with Crippen LogP contribution in [0.4, 0.5) is 4.79 Å². The van der Waals surface area contributed by atoms with E-state index in [2.05, 4.69) is 10.1 Å². The van der Waals surface area contributed by atoms with Crippen molar-refractivity contribution in [1.82, 2.24) is 14.5 Å². The monoisotopic (exact) mass is 397 g/mol. The Labute approximate surface area is 160 Å². The van der Waals surface area contributed by atoms with Gasteiger partial charge in [-0.15, -0.1) is 0 Å². The topological polar surface area (TPSA) is 96.0 Å². The molecular weight excluding hydrogens is 370 g/mol. The van der Waals surface area contributed by atoms with Crippen LogP contribution in [-0.2, 0) is 19.6 Å². The van der Waals surface area contributed by atoms with Gasteiger partial charge >= 0.3 is 6.09 Å². The first-order valence-electron chi connectivity index (χ1n) is 8.78. The molecule has 0 aliphatic carbocycles. The molecule has 1 saturated heterocycles. The Bertz CT molecular complexity index is 806. The summed E-state index contributed by atoms with van der Waals surface area (Å²) in [5.41, 5.74) is 2.50. The molecule has 2 amide bonds. The van der Waals surface area contributed by atoms with Gasteiger partial charge in [0.15, 0.2) is 0 Å². The number of ether oxygens (including phenoxy) is 1. The van der Waals surface area contributed by atoms with Crippen LogP contribution in [0.5, 0.6) is 0 Å². The number of benzene rings is 1. The Hall–Kier alpha value is -1.97. The predicted octanol–water partition coefficient (Wildman–Crippen LogP) is 1.19. The number of nitrogens with zero attached hydrogens (tertiary/aromatic N) is 2. The molecule has 2 rings (SSSR count). The molecule has 1 atom stereocenters. The van der Waals surface area contributed by atoms with Gasteiger partial charge in [0.1, 0.15) is 0 Å². The van der Waals surface area contributed by atoms with Crippen molar-refractivity contribution in [3.8, 4) is 0 Å². The molecule has 150 valence electrons. The van der Waals surface area contributed by atoms with Crippen LogP contribution in [-0.4, -0.2) is 69.0 Å². The summed E-state index contributed by atoms with van der Waals surface area (Å²) in [6, 6.07) is 3.18. The molecule has 27 heavy (non-hydrogen) atoms. The Balaban J connectivity index is 2.09. The number of hydrogen-bond acceptors (Lipinski definition) is 6. The second-order valence-electron chi connectivity index (χ2n) is 6.82. The number of methoxy groups -OCH3 is 1. The number of piperazine rings is 1. The fourth-order valence-electron chi connectivity index (χ4n) is 3.46. The van der Waals surface area contributed by atoms with E-state index in [0.29, 0.717) is 18.0 Å². The summed E-state index contributed by atoms with van der Waals surface area (Å²) in [6.07, 6.45) is -0.807. The van der Waals surface area contributed by atoms with Gasteiger partial charge in [0, 0.05) is 26.2 Å². The largest absolute Gasteiger partial charge is 0.453 e. The quantitative estimate of drug-likeness (QED) is 0.820. The number of amides is 2. The molecule has 1 N–H and O–H groups in total. The van der Waals surface area contributed by atoms with Crippen molar-refractivity contribution in [2.75, 3.05) is 33.3 Å². The fourth-order valence-corrected chi connectivity index (χ4v) is 5.29. The Morgan fingerprint density at radius 2 is 1.59 bits per heavy atom. The van der Waals surface area contributed by atoms with Gasteiger partial charge in [0.2, 0.25) is 15.9 Å². The molecule has 9 heteroatoms. The number of nitrogens with one attached hydrogen (secondary N) is 1. The van der Waals surface area contributed by atoms with Crippen LogP contribution < -0.4 is 5.32 Å². The van der Waals surface area contributed by atoms with Crippen molar-refractivity contribution >= 4 is 22.0 Å². The number of carbonyl (C=O) groups excluding carboxylic acids is 2. The van der Waals surface area contributed by atoms with E-state index in [9.17, 15) is 18.0 Å². The van der Waals surface area contributed by atoms with Crippen molar-refractivity contribution in [3.63, 3.8) is 0 Å². The standard InChI is InChI=1S/C18H27N3O5S/c1-12-10-13(2)16(14(3)11-12)27(24,25)21-8-6-20(7-9-21)15(4)17(22)19-18(23)26-5/h10-11,15H,6-9H2,1-5H3,(H,19,22,23)/t15-/m0/s1. The Kier molecular flexibility index (Phi) is 6.61. The SMILES string of the molecule is COC(=O)NC(=O)[C@H](C)N1CCN(S(=O)(=O)c2c(C)cc(C)cc2C)CC1. The highest BCUT2D eigenvalue weighted by atomic mass is 32.2. The van der Waals surface area contributed by atoms with E-state index in [-0.39, 0.29) is 13.1 Å². The molecule has 0 bridgehead atoms. The summed E-state index contributed by atoms with van der Waals surface area (Å²) in [7, 11) is -2.41. The van der Waals surface area contributed by atoms with E-state index < -0.39 is 28.1 Å². The molecule has 1 heterocycles. The maximum Gasteiger partial charge on any atom is 0.413 e. The van der Waals surface area contributed by atoms with Gasteiger partial charge in [-0.3, -0.25) is 15.0 Å². The minimum absolute atomic E-state index is 0.283. The average molecular weight is 397 g/mol. The van der Waals surface area contributed by atoms with Crippen molar-refractivity contribution < 1.29 is 22.7 Å². The lowest BCUT2D eigenvalue weighted by molar-refractivity contribution is -0.125. The zero-order valence-corrected chi connectivity index (χ0v) is 17.2. The number of rotatable bonds is 4. The number of sulfonamides is 1. The smallest absolute Gasteiger partial charge is 0.413 e. The van der Waals surface area contributed by atoms with E-state index in [1.165, 1.54) is 11.4 Å². The first kappa shape index (κ1) is 21.3. The van der Waals surface area contributed by atoms with Crippen molar-refractivity contribution in [3.05, 3.63) is 28.8 Å².